The van der Waals surface area contributed by atoms with Gasteiger partial charge in [0.2, 0.25) is 5.91 Å². The van der Waals surface area contributed by atoms with Crippen LogP contribution in [0, 0.1) is 0 Å². The van der Waals surface area contributed by atoms with Crippen LogP contribution in [0.1, 0.15) is 6.92 Å². The number of carbonyl (C=O) groups excluding carboxylic acids is 1. The van der Waals surface area contributed by atoms with Crippen LogP contribution in [-0.2, 0) is 4.79 Å². The Bertz CT molecular complexity index is 466. The predicted octanol–water partition coefficient (Wildman–Crippen LogP) is -2.07. The Morgan fingerprint density at radius 1 is 1.60 bits per heavy atom. The van der Waals surface area contributed by atoms with Crippen LogP contribution in [0.5, 0.6) is 0 Å². The highest BCUT2D eigenvalue weighted by atomic mass is 32.2. The second-order valence-electron chi connectivity index (χ2n) is 2.58. The Balaban J connectivity index is 2.86. The van der Waals surface area contributed by atoms with Gasteiger partial charge in [-0.05, 0) is 6.92 Å². The van der Waals surface area contributed by atoms with Gasteiger partial charge in [-0.15, -0.1) is 0 Å². The Labute approximate surface area is 87.6 Å². The molecule has 0 aliphatic heterocycles. The minimum Gasteiger partial charge on any atom is -0.293 e. The van der Waals surface area contributed by atoms with Crippen LogP contribution in [-0.4, -0.2) is 26.3 Å². The van der Waals surface area contributed by atoms with Crippen molar-refractivity contribution in [2.24, 2.45) is 5.84 Å². The summed E-state index contributed by atoms with van der Waals surface area (Å²) >= 11 is 0.895. The molecule has 5 N–H and O–H groups in total. The lowest BCUT2D eigenvalue weighted by Gasteiger charge is -2.06. The molecule has 1 amide bonds. The number of nitrogens with one attached hydrogen (secondary N) is 3. The molecule has 0 saturated heterocycles. The van der Waals surface area contributed by atoms with Crippen molar-refractivity contribution in [1.82, 2.24) is 20.6 Å². The highest BCUT2D eigenvalue weighted by Gasteiger charge is 2.15. The van der Waals surface area contributed by atoms with E-state index in [1.165, 1.54) is 0 Å². The minimum atomic E-state index is -0.694. The molecule has 0 spiro atoms. The summed E-state index contributed by atoms with van der Waals surface area (Å²) < 4.78 is 0. The molecule has 0 bridgehead atoms. The van der Waals surface area contributed by atoms with Crippen molar-refractivity contribution < 1.29 is 4.79 Å². The zero-order valence-electron chi connectivity index (χ0n) is 7.73. The van der Waals surface area contributed by atoms with E-state index in [-0.39, 0.29) is 5.03 Å². The lowest BCUT2D eigenvalue weighted by molar-refractivity contribution is -0.120. The summed E-state index contributed by atoms with van der Waals surface area (Å²) in [5.41, 5.74) is 0.611. The largest absolute Gasteiger partial charge is 0.342 e. The molecule has 0 aromatic carbocycles. The summed E-state index contributed by atoms with van der Waals surface area (Å²) in [5, 5.41) is 4.98. The number of thioether (sulfide) groups is 1. The van der Waals surface area contributed by atoms with E-state index in [0.29, 0.717) is 0 Å². The van der Waals surface area contributed by atoms with Crippen LogP contribution in [0.25, 0.3) is 0 Å². The molecule has 9 heteroatoms. The summed E-state index contributed by atoms with van der Waals surface area (Å²) in [7, 11) is 0. The fourth-order valence-corrected chi connectivity index (χ4v) is 1.52. The van der Waals surface area contributed by atoms with E-state index in [9.17, 15) is 14.4 Å². The molecule has 15 heavy (non-hydrogen) atoms. The first-order valence-corrected chi connectivity index (χ1v) is 4.78. The zero-order valence-corrected chi connectivity index (χ0v) is 8.55. The summed E-state index contributed by atoms with van der Waals surface area (Å²) in [4.78, 5) is 34.8. The highest BCUT2D eigenvalue weighted by Crippen LogP contribution is 2.15. The normalized spacial score (nSPS) is 12.1. The maximum Gasteiger partial charge on any atom is 0.342 e. The molecular weight excluding hydrogens is 222 g/mol. The first-order valence-electron chi connectivity index (χ1n) is 3.90. The van der Waals surface area contributed by atoms with E-state index in [4.69, 9.17) is 5.84 Å². The molecule has 8 nitrogen and oxygen atoms in total. The maximum absolute atomic E-state index is 11.2. The van der Waals surface area contributed by atoms with Gasteiger partial charge >= 0.3 is 5.69 Å². The standard InChI is InChI=1S/C6H9N5O3S/c1-2(3(12)9-7)15-5-4(13)8-6(14)11-10-5/h2H,7H2,1H3,(H,9,12)(H2,8,11,13,14). The van der Waals surface area contributed by atoms with Gasteiger partial charge in [-0.3, -0.25) is 20.0 Å². The Hall–Kier alpha value is -1.61. The average molecular weight is 231 g/mol. The predicted molar refractivity (Wildman–Crippen MR) is 53.1 cm³/mol. The van der Waals surface area contributed by atoms with Crippen molar-refractivity contribution in [3.63, 3.8) is 0 Å². The summed E-state index contributed by atoms with van der Waals surface area (Å²) in [6, 6.07) is 0. The van der Waals surface area contributed by atoms with Crippen molar-refractivity contribution in [3.05, 3.63) is 20.8 Å². The molecule has 0 saturated carbocycles. The van der Waals surface area contributed by atoms with Crippen LogP contribution in [0.3, 0.4) is 0 Å². The van der Waals surface area contributed by atoms with E-state index < -0.39 is 22.4 Å². The quantitative estimate of drug-likeness (QED) is 0.204. The third kappa shape index (κ3) is 2.92. The van der Waals surface area contributed by atoms with Crippen LogP contribution < -0.4 is 22.5 Å². The highest BCUT2D eigenvalue weighted by molar-refractivity contribution is 8.00. The third-order valence-electron chi connectivity index (χ3n) is 1.48. The van der Waals surface area contributed by atoms with Crippen molar-refractivity contribution >= 4 is 17.7 Å². The molecule has 1 atom stereocenters. The first-order chi connectivity index (χ1) is 7.04. The number of aromatic nitrogens is 3. The number of rotatable bonds is 3. The molecule has 0 aliphatic carbocycles. The molecule has 1 rings (SSSR count). The van der Waals surface area contributed by atoms with Crippen LogP contribution >= 0.6 is 11.8 Å². The second kappa shape index (κ2) is 4.75. The van der Waals surface area contributed by atoms with Crippen molar-refractivity contribution in [2.75, 3.05) is 0 Å². The topological polar surface area (TPSA) is 134 Å². The molecule has 1 aromatic rings. The van der Waals surface area contributed by atoms with Gasteiger partial charge in [0.05, 0.1) is 5.25 Å². The Morgan fingerprint density at radius 3 is 2.80 bits per heavy atom. The Morgan fingerprint density at radius 2 is 2.27 bits per heavy atom. The molecule has 0 fully saturated rings. The van der Waals surface area contributed by atoms with Crippen LogP contribution in [0.4, 0.5) is 0 Å². The number of nitrogens with two attached hydrogens (primary N) is 1. The second-order valence-corrected chi connectivity index (χ2v) is 3.91. The number of amides is 1. The lowest BCUT2D eigenvalue weighted by atomic mass is 10.5. The summed E-state index contributed by atoms with van der Waals surface area (Å²) in [6.45, 7) is 1.55. The van der Waals surface area contributed by atoms with Crippen LogP contribution in [0.2, 0.25) is 0 Å². The monoisotopic (exact) mass is 231 g/mol. The van der Waals surface area contributed by atoms with Gasteiger partial charge in [0.1, 0.15) is 0 Å². The maximum atomic E-state index is 11.2. The van der Waals surface area contributed by atoms with E-state index in [2.05, 4.69) is 10.2 Å². The smallest absolute Gasteiger partial charge is 0.293 e. The van der Waals surface area contributed by atoms with E-state index in [0.717, 1.165) is 11.8 Å². The van der Waals surface area contributed by atoms with E-state index in [1.807, 2.05) is 10.4 Å². The van der Waals surface area contributed by atoms with Gasteiger partial charge in [-0.1, -0.05) is 11.8 Å². The van der Waals surface area contributed by atoms with Gasteiger partial charge in [0, 0.05) is 0 Å². The fraction of sp³-hybridized carbons (Fsp3) is 0.333. The number of H-pyrrole nitrogens is 2. The van der Waals surface area contributed by atoms with Gasteiger partial charge in [-0.25, -0.2) is 15.7 Å². The van der Waals surface area contributed by atoms with Gasteiger partial charge in [-0.2, -0.15) is 5.10 Å². The molecule has 0 aliphatic rings. The van der Waals surface area contributed by atoms with Crippen LogP contribution in [0.15, 0.2) is 14.6 Å². The number of hydrogen-bond donors (Lipinski definition) is 4. The third-order valence-corrected chi connectivity index (χ3v) is 2.55. The van der Waals surface area contributed by atoms with Crippen molar-refractivity contribution in [3.8, 4) is 0 Å². The zero-order chi connectivity index (χ0) is 11.4. The van der Waals surface area contributed by atoms with Gasteiger partial charge < -0.3 is 0 Å². The fourth-order valence-electron chi connectivity index (χ4n) is 0.755. The molecule has 1 heterocycles. The first kappa shape index (κ1) is 11.5. The molecule has 0 radical (unpaired) electrons. The lowest BCUT2D eigenvalue weighted by Crippen LogP contribution is -2.37. The van der Waals surface area contributed by atoms with Crippen molar-refractivity contribution in [2.45, 2.75) is 17.2 Å². The van der Waals surface area contributed by atoms with E-state index in [1.54, 1.807) is 6.92 Å². The van der Waals surface area contributed by atoms with Gasteiger partial charge in [0.25, 0.3) is 5.56 Å². The van der Waals surface area contributed by atoms with Crippen molar-refractivity contribution in [1.29, 1.82) is 0 Å². The Kier molecular flexibility index (Phi) is 3.63. The number of hydrogen-bond acceptors (Lipinski definition) is 6. The minimum absolute atomic E-state index is 0.00528. The summed E-state index contributed by atoms with van der Waals surface area (Å²) in [6.07, 6.45) is 0. The number of carbonyl (C=O) groups is 1. The summed E-state index contributed by atoms with van der Waals surface area (Å²) in [5.74, 6) is 4.47. The van der Waals surface area contributed by atoms with E-state index >= 15 is 0 Å². The molecule has 1 unspecified atom stereocenters. The van der Waals surface area contributed by atoms with Gasteiger partial charge in [0.15, 0.2) is 5.03 Å². The molecule has 82 valence electrons. The SMILES string of the molecule is CC(Sc1n[nH]c(=O)[nH]c1=O)C(=O)NN. The molecular formula is C6H9N5O3S. The number of aromatic amines is 2. The average Bonchev–Trinajstić information content (AvgIpc) is 2.20. The number of nitrogens with zero attached hydrogens (tertiary/aromatic N) is 1. The molecule has 1 aromatic heterocycles. The number of hydrazine groups is 1.